The molecule has 0 aliphatic carbocycles. The van der Waals surface area contributed by atoms with Gasteiger partial charge in [0.25, 0.3) is 0 Å². The summed E-state index contributed by atoms with van der Waals surface area (Å²) in [6, 6.07) is 13.3. The standard InChI is InChI=1S/C17H12O3S/c18-17(13-10-21-16-4-2-1-3-12(13)16)11-5-6-14-15(9-11)20-8-7-19-14/h1-6,9-10H,7-8H2. The third-order valence-electron chi connectivity index (χ3n) is 3.53. The highest BCUT2D eigenvalue weighted by molar-refractivity contribution is 7.17. The number of ether oxygens (including phenoxy) is 2. The fraction of sp³-hybridized carbons (Fsp3) is 0.118. The number of hydrogen-bond donors (Lipinski definition) is 0. The third kappa shape index (κ3) is 2.08. The quantitative estimate of drug-likeness (QED) is 0.673. The Kier molecular flexibility index (Phi) is 2.89. The molecule has 3 aromatic rings. The summed E-state index contributed by atoms with van der Waals surface area (Å²) in [7, 11) is 0. The molecule has 0 spiro atoms. The molecule has 0 unspecified atom stereocenters. The Morgan fingerprint density at radius 2 is 1.81 bits per heavy atom. The number of fused-ring (bicyclic) bond motifs is 2. The Bertz CT molecular complexity index is 835. The highest BCUT2D eigenvalue weighted by atomic mass is 32.1. The fourth-order valence-electron chi connectivity index (χ4n) is 2.49. The first-order valence-electron chi connectivity index (χ1n) is 6.73. The van der Waals surface area contributed by atoms with Crippen LogP contribution in [-0.4, -0.2) is 19.0 Å². The summed E-state index contributed by atoms with van der Waals surface area (Å²) < 4.78 is 12.2. The summed E-state index contributed by atoms with van der Waals surface area (Å²) in [6.45, 7) is 1.07. The van der Waals surface area contributed by atoms with E-state index in [-0.39, 0.29) is 5.78 Å². The molecule has 0 radical (unpaired) electrons. The number of carbonyl (C=O) groups excluding carboxylic acids is 1. The molecule has 2 aromatic carbocycles. The van der Waals surface area contributed by atoms with Crippen molar-refractivity contribution in [1.29, 1.82) is 0 Å². The summed E-state index contributed by atoms with van der Waals surface area (Å²) in [4.78, 5) is 12.7. The van der Waals surface area contributed by atoms with Crippen molar-refractivity contribution in [2.75, 3.05) is 13.2 Å². The maximum Gasteiger partial charge on any atom is 0.194 e. The molecule has 104 valence electrons. The van der Waals surface area contributed by atoms with Gasteiger partial charge in [0.1, 0.15) is 13.2 Å². The van der Waals surface area contributed by atoms with Gasteiger partial charge < -0.3 is 9.47 Å². The van der Waals surface area contributed by atoms with Crippen molar-refractivity contribution in [3.8, 4) is 11.5 Å². The normalized spacial score (nSPS) is 13.3. The van der Waals surface area contributed by atoms with Gasteiger partial charge in [-0.3, -0.25) is 4.79 Å². The number of carbonyl (C=O) groups is 1. The topological polar surface area (TPSA) is 35.5 Å². The summed E-state index contributed by atoms with van der Waals surface area (Å²) in [5.41, 5.74) is 1.37. The molecule has 0 fully saturated rings. The van der Waals surface area contributed by atoms with Crippen LogP contribution >= 0.6 is 11.3 Å². The Morgan fingerprint density at radius 3 is 2.71 bits per heavy atom. The molecule has 0 amide bonds. The number of benzene rings is 2. The zero-order valence-electron chi connectivity index (χ0n) is 11.2. The molecule has 2 heterocycles. The van der Waals surface area contributed by atoms with Crippen LogP contribution < -0.4 is 9.47 Å². The molecular formula is C17H12O3S. The smallest absolute Gasteiger partial charge is 0.194 e. The highest BCUT2D eigenvalue weighted by Crippen LogP contribution is 2.33. The van der Waals surface area contributed by atoms with E-state index >= 15 is 0 Å². The van der Waals surface area contributed by atoms with Gasteiger partial charge >= 0.3 is 0 Å². The van der Waals surface area contributed by atoms with Crippen molar-refractivity contribution in [3.05, 3.63) is 59.0 Å². The van der Waals surface area contributed by atoms with Gasteiger partial charge in [0.2, 0.25) is 0 Å². The first-order chi connectivity index (χ1) is 10.3. The summed E-state index contributed by atoms with van der Waals surface area (Å²) >= 11 is 1.59. The average Bonchev–Trinajstić information content (AvgIpc) is 2.98. The second kappa shape index (κ2) is 4.90. The minimum absolute atomic E-state index is 0.0180. The number of hydrogen-bond acceptors (Lipinski definition) is 4. The van der Waals surface area contributed by atoms with Crippen molar-refractivity contribution < 1.29 is 14.3 Å². The van der Waals surface area contributed by atoms with Crippen molar-refractivity contribution >= 4 is 27.2 Å². The van der Waals surface area contributed by atoms with Crippen LogP contribution in [0.3, 0.4) is 0 Å². The first-order valence-corrected chi connectivity index (χ1v) is 7.61. The summed E-state index contributed by atoms with van der Waals surface area (Å²) in [5.74, 6) is 1.36. The first kappa shape index (κ1) is 12.4. The van der Waals surface area contributed by atoms with Crippen LogP contribution in [-0.2, 0) is 0 Å². The molecule has 1 aromatic heterocycles. The van der Waals surface area contributed by atoms with Gasteiger partial charge in [-0.25, -0.2) is 0 Å². The molecule has 0 bridgehead atoms. The molecule has 1 aliphatic heterocycles. The van der Waals surface area contributed by atoms with Crippen LogP contribution in [0.15, 0.2) is 47.8 Å². The number of ketones is 1. The summed E-state index contributed by atoms with van der Waals surface area (Å²) in [6.07, 6.45) is 0. The molecule has 0 saturated carbocycles. The molecular weight excluding hydrogens is 284 g/mol. The van der Waals surface area contributed by atoms with Crippen LogP contribution in [0.25, 0.3) is 10.1 Å². The van der Waals surface area contributed by atoms with E-state index in [0.717, 1.165) is 15.6 Å². The van der Waals surface area contributed by atoms with Crippen LogP contribution in [0.1, 0.15) is 15.9 Å². The minimum atomic E-state index is 0.0180. The fourth-order valence-corrected chi connectivity index (χ4v) is 3.43. The predicted octanol–water partition coefficient (Wildman–Crippen LogP) is 3.90. The van der Waals surface area contributed by atoms with Gasteiger partial charge in [-0.2, -0.15) is 0 Å². The van der Waals surface area contributed by atoms with Crippen molar-refractivity contribution in [2.45, 2.75) is 0 Å². The van der Waals surface area contributed by atoms with Gasteiger partial charge in [-0.15, -0.1) is 11.3 Å². The van der Waals surface area contributed by atoms with Crippen LogP contribution in [0.5, 0.6) is 11.5 Å². The Hall–Kier alpha value is -2.33. The lowest BCUT2D eigenvalue weighted by Crippen LogP contribution is -2.15. The van der Waals surface area contributed by atoms with E-state index in [1.807, 2.05) is 29.6 Å². The SMILES string of the molecule is O=C(c1ccc2c(c1)OCCO2)c1csc2ccccc12. The lowest BCUT2D eigenvalue weighted by Gasteiger charge is -2.18. The lowest BCUT2D eigenvalue weighted by atomic mass is 10.0. The number of thiophene rings is 1. The Balaban J connectivity index is 1.77. The Morgan fingerprint density at radius 1 is 1.00 bits per heavy atom. The van der Waals surface area contributed by atoms with Gasteiger partial charge in [-0.1, -0.05) is 18.2 Å². The van der Waals surface area contributed by atoms with E-state index in [2.05, 4.69) is 0 Å². The largest absolute Gasteiger partial charge is 0.486 e. The van der Waals surface area contributed by atoms with E-state index in [9.17, 15) is 4.79 Å². The van der Waals surface area contributed by atoms with Gasteiger partial charge in [0.05, 0.1) is 0 Å². The zero-order chi connectivity index (χ0) is 14.2. The second-order valence-electron chi connectivity index (χ2n) is 4.83. The zero-order valence-corrected chi connectivity index (χ0v) is 12.0. The average molecular weight is 296 g/mol. The summed E-state index contributed by atoms with van der Waals surface area (Å²) in [5, 5.41) is 2.92. The van der Waals surface area contributed by atoms with Crippen LogP contribution in [0, 0.1) is 0 Å². The molecule has 4 heteroatoms. The number of rotatable bonds is 2. The van der Waals surface area contributed by atoms with Gasteiger partial charge in [-0.05, 0) is 24.3 Å². The van der Waals surface area contributed by atoms with E-state index < -0.39 is 0 Å². The van der Waals surface area contributed by atoms with Crippen molar-refractivity contribution in [1.82, 2.24) is 0 Å². The van der Waals surface area contributed by atoms with E-state index in [1.165, 1.54) is 0 Å². The van der Waals surface area contributed by atoms with E-state index in [4.69, 9.17) is 9.47 Å². The van der Waals surface area contributed by atoms with Gasteiger partial charge in [0, 0.05) is 26.6 Å². The third-order valence-corrected chi connectivity index (χ3v) is 4.49. The van der Waals surface area contributed by atoms with E-state index in [1.54, 1.807) is 29.5 Å². The Labute approximate surface area is 125 Å². The molecule has 0 N–H and O–H groups in total. The molecule has 1 aliphatic rings. The van der Waals surface area contributed by atoms with Crippen molar-refractivity contribution in [2.24, 2.45) is 0 Å². The molecule has 0 saturated heterocycles. The molecule has 21 heavy (non-hydrogen) atoms. The lowest BCUT2D eigenvalue weighted by molar-refractivity contribution is 0.103. The predicted molar refractivity (Wildman–Crippen MR) is 82.7 cm³/mol. The monoisotopic (exact) mass is 296 g/mol. The van der Waals surface area contributed by atoms with Crippen LogP contribution in [0.2, 0.25) is 0 Å². The van der Waals surface area contributed by atoms with Crippen molar-refractivity contribution in [3.63, 3.8) is 0 Å². The van der Waals surface area contributed by atoms with Gasteiger partial charge in [0.15, 0.2) is 17.3 Å². The highest BCUT2D eigenvalue weighted by Gasteiger charge is 2.18. The molecule has 0 atom stereocenters. The maximum absolute atomic E-state index is 12.7. The maximum atomic E-state index is 12.7. The minimum Gasteiger partial charge on any atom is -0.486 e. The van der Waals surface area contributed by atoms with Crippen LogP contribution in [0.4, 0.5) is 0 Å². The van der Waals surface area contributed by atoms with E-state index in [0.29, 0.717) is 30.3 Å². The molecule has 4 rings (SSSR count). The molecule has 3 nitrogen and oxygen atoms in total. The second-order valence-corrected chi connectivity index (χ2v) is 5.74.